The lowest BCUT2D eigenvalue weighted by Gasteiger charge is -2.30. The molecule has 82 valence electrons. The summed E-state index contributed by atoms with van der Waals surface area (Å²) < 4.78 is 0. The number of aryl methyl sites for hydroxylation is 1. The van der Waals surface area contributed by atoms with E-state index in [2.05, 4.69) is 32.2 Å². The number of anilines is 1. The van der Waals surface area contributed by atoms with E-state index in [1.165, 1.54) is 16.8 Å². The lowest BCUT2D eigenvalue weighted by molar-refractivity contribution is 0.393. The maximum Gasteiger partial charge on any atom is 0.0412 e. The maximum absolute atomic E-state index is 6.08. The van der Waals surface area contributed by atoms with Crippen molar-refractivity contribution in [1.82, 2.24) is 0 Å². The van der Waals surface area contributed by atoms with Gasteiger partial charge < -0.3 is 5.32 Å². The summed E-state index contributed by atoms with van der Waals surface area (Å²) in [6.45, 7) is 7.78. The third-order valence-electron chi connectivity index (χ3n) is 3.35. The SMILES string of the molecule is Cc1cc(Cl)cc2c1NCC(C(C)C)C2. The standard InChI is InChI=1S/C13H18ClN/c1-8(2)11-5-10-6-12(14)4-9(3)13(10)15-7-11/h4,6,8,11,15H,5,7H2,1-3H3. The maximum atomic E-state index is 6.08. The molecule has 1 aromatic carbocycles. The minimum atomic E-state index is 0.727. The molecule has 0 bridgehead atoms. The van der Waals surface area contributed by atoms with Crippen LogP contribution in [0.4, 0.5) is 5.69 Å². The van der Waals surface area contributed by atoms with E-state index in [0.717, 1.165) is 29.8 Å². The molecule has 0 amide bonds. The fourth-order valence-electron chi connectivity index (χ4n) is 2.29. The lowest BCUT2D eigenvalue weighted by Crippen LogP contribution is -2.27. The first-order valence-corrected chi connectivity index (χ1v) is 5.98. The highest BCUT2D eigenvalue weighted by molar-refractivity contribution is 6.30. The van der Waals surface area contributed by atoms with Crippen LogP contribution in [-0.4, -0.2) is 6.54 Å². The molecule has 2 heteroatoms. The molecule has 2 rings (SSSR count). The summed E-state index contributed by atoms with van der Waals surface area (Å²) in [5.74, 6) is 1.46. The highest BCUT2D eigenvalue weighted by Gasteiger charge is 2.22. The average Bonchev–Trinajstić information content (AvgIpc) is 2.16. The summed E-state index contributed by atoms with van der Waals surface area (Å²) in [7, 11) is 0. The Hall–Kier alpha value is -0.690. The van der Waals surface area contributed by atoms with Gasteiger partial charge in [0.2, 0.25) is 0 Å². The van der Waals surface area contributed by atoms with Gasteiger partial charge in [0.1, 0.15) is 0 Å². The zero-order chi connectivity index (χ0) is 11.0. The Morgan fingerprint density at radius 2 is 2.13 bits per heavy atom. The minimum absolute atomic E-state index is 0.727. The summed E-state index contributed by atoms with van der Waals surface area (Å²) in [6.07, 6.45) is 1.15. The van der Waals surface area contributed by atoms with Crippen molar-refractivity contribution in [3.63, 3.8) is 0 Å². The molecule has 1 aromatic rings. The average molecular weight is 224 g/mol. The second-order valence-corrected chi connectivity index (χ2v) is 5.28. The molecular weight excluding hydrogens is 206 g/mol. The third kappa shape index (κ3) is 2.12. The van der Waals surface area contributed by atoms with Crippen molar-refractivity contribution < 1.29 is 0 Å². The van der Waals surface area contributed by atoms with E-state index in [9.17, 15) is 0 Å². The van der Waals surface area contributed by atoms with E-state index in [1.807, 2.05) is 6.07 Å². The summed E-state index contributed by atoms with van der Waals surface area (Å²) in [4.78, 5) is 0. The molecule has 1 aliphatic rings. The first-order chi connectivity index (χ1) is 7.08. The van der Waals surface area contributed by atoms with Gasteiger partial charge in [0.15, 0.2) is 0 Å². The van der Waals surface area contributed by atoms with Crippen molar-refractivity contribution in [2.24, 2.45) is 11.8 Å². The molecule has 0 radical (unpaired) electrons. The zero-order valence-electron chi connectivity index (χ0n) is 9.60. The van der Waals surface area contributed by atoms with Crippen LogP contribution in [0.1, 0.15) is 25.0 Å². The number of halogens is 1. The fraction of sp³-hybridized carbons (Fsp3) is 0.538. The first kappa shape index (κ1) is 10.8. The van der Waals surface area contributed by atoms with Gasteiger partial charge in [-0.25, -0.2) is 0 Å². The Morgan fingerprint density at radius 3 is 2.80 bits per heavy atom. The highest BCUT2D eigenvalue weighted by Crippen LogP contribution is 2.33. The van der Waals surface area contributed by atoms with E-state index < -0.39 is 0 Å². The van der Waals surface area contributed by atoms with Crippen LogP contribution in [0.2, 0.25) is 5.02 Å². The van der Waals surface area contributed by atoms with Gasteiger partial charge in [-0.15, -0.1) is 0 Å². The Labute approximate surface area is 96.8 Å². The number of nitrogens with one attached hydrogen (secondary N) is 1. The molecule has 1 N–H and O–H groups in total. The Bertz CT molecular complexity index is 371. The van der Waals surface area contributed by atoms with E-state index in [-0.39, 0.29) is 0 Å². The molecule has 1 atom stereocenters. The molecule has 1 aliphatic heterocycles. The summed E-state index contributed by atoms with van der Waals surface area (Å²) >= 11 is 6.08. The molecular formula is C13H18ClN. The normalized spacial score (nSPS) is 19.9. The molecule has 1 unspecified atom stereocenters. The van der Waals surface area contributed by atoms with Crippen molar-refractivity contribution in [1.29, 1.82) is 0 Å². The Kier molecular flexibility index (Phi) is 2.92. The third-order valence-corrected chi connectivity index (χ3v) is 3.57. The topological polar surface area (TPSA) is 12.0 Å². The Balaban J connectivity index is 2.33. The van der Waals surface area contributed by atoms with Crippen LogP contribution in [0.15, 0.2) is 12.1 Å². The second kappa shape index (κ2) is 4.05. The number of rotatable bonds is 1. The summed E-state index contributed by atoms with van der Waals surface area (Å²) in [6, 6.07) is 4.13. The van der Waals surface area contributed by atoms with Crippen LogP contribution < -0.4 is 5.32 Å². The summed E-state index contributed by atoms with van der Waals surface area (Å²) in [5, 5.41) is 4.39. The van der Waals surface area contributed by atoms with Crippen LogP contribution in [-0.2, 0) is 6.42 Å². The van der Waals surface area contributed by atoms with Gasteiger partial charge in [0, 0.05) is 17.3 Å². The smallest absolute Gasteiger partial charge is 0.0412 e. The van der Waals surface area contributed by atoms with Crippen molar-refractivity contribution >= 4 is 17.3 Å². The van der Waals surface area contributed by atoms with Gasteiger partial charge in [-0.05, 0) is 48.4 Å². The van der Waals surface area contributed by atoms with Gasteiger partial charge in [0.25, 0.3) is 0 Å². The first-order valence-electron chi connectivity index (χ1n) is 5.61. The molecule has 1 nitrogen and oxygen atoms in total. The van der Waals surface area contributed by atoms with Crippen molar-refractivity contribution in [2.75, 3.05) is 11.9 Å². The molecule has 0 aromatic heterocycles. The predicted octanol–water partition coefficient (Wildman–Crippen LogP) is 3.89. The van der Waals surface area contributed by atoms with Gasteiger partial charge in [-0.3, -0.25) is 0 Å². The molecule has 0 fully saturated rings. The van der Waals surface area contributed by atoms with Crippen molar-refractivity contribution in [2.45, 2.75) is 27.2 Å². The molecule has 15 heavy (non-hydrogen) atoms. The van der Waals surface area contributed by atoms with Crippen LogP contribution in [0, 0.1) is 18.8 Å². The van der Waals surface area contributed by atoms with Crippen LogP contribution in [0.3, 0.4) is 0 Å². The van der Waals surface area contributed by atoms with E-state index in [0.29, 0.717) is 0 Å². The van der Waals surface area contributed by atoms with Crippen LogP contribution in [0.5, 0.6) is 0 Å². The molecule has 0 aliphatic carbocycles. The number of hydrogen-bond acceptors (Lipinski definition) is 1. The van der Waals surface area contributed by atoms with E-state index in [4.69, 9.17) is 11.6 Å². The molecule has 0 spiro atoms. The minimum Gasteiger partial charge on any atom is -0.384 e. The highest BCUT2D eigenvalue weighted by atomic mass is 35.5. The molecule has 0 saturated carbocycles. The lowest BCUT2D eigenvalue weighted by atomic mass is 9.85. The van der Waals surface area contributed by atoms with Crippen LogP contribution >= 0.6 is 11.6 Å². The quantitative estimate of drug-likeness (QED) is 0.762. The largest absolute Gasteiger partial charge is 0.384 e. The van der Waals surface area contributed by atoms with Gasteiger partial charge in [0.05, 0.1) is 0 Å². The fourth-order valence-corrected chi connectivity index (χ4v) is 2.58. The number of hydrogen-bond donors (Lipinski definition) is 1. The number of benzene rings is 1. The van der Waals surface area contributed by atoms with Crippen molar-refractivity contribution in [3.05, 3.63) is 28.3 Å². The molecule has 1 heterocycles. The van der Waals surface area contributed by atoms with Crippen molar-refractivity contribution in [3.8, 4) is 0 Å². The van der Waals surface area contributed by atoms with Gasteiger partial charge in [-0.1, -0.05) is 25.4 Å². The zero-order valence-corrected chi connectivity index (χ0v) is 10.4. The monoisotopic (exact) mass is 223 g/mol. The number of fused-ring (bicyclic) bond motifs is 1. The van der Waals surface area contributed by atoms with E-state index >= 15 is 0 Å². The second-order valence-electron chi connectivity index (χ2n) is 4.85. The predicted molar refractivity (Wildman–Crippen MR) is 66.7 cm³/mol. The van der Waals surface area contributed by atoms with Gasteiger partial charge >= 0.3 is 0 Å². The van der Waals surface area contributed by atoms with E-state index in [1.54, 1.807) is 0 Å². The summed E-state index contributed by atoms with van der Waals surface area (Å²) in [5.41, 5.74) is 3.95. The Morgan fingerprint density at radius 1 is 1.40 bits per heavy atom. The van der Waals surface area contributed by atoms with Gasteiger partial charge in [-0.2, -0.15) is 0 Å². The van der Waals surface area contributed by atoms with Crippen LogP contribution in [0.25, 0.3) is 0 Å². The molecule has 0 saturated heterocycles.